The summed E-state index contributed by atoms with van der Waals surface area (Å²) in [6.45, 7) is 0. The maximum Gasteiger partial charge on any atom is -0.00201 e. The van der Waals surface area contributed by atoms with Crippen LogP contribution in [0.25, 0.3) is 88.0 Å². The minimum atomic E-state index is 1.22. The van der Waals surface area contributed by atoms with E-state index in [9.17, 15) is 0 Å². The van der Waals surface area contributed by atoms with Gasteiger partial charge in [-0.1, -0.05) is 176 Å². The first-order chi connectivity index (χ1) is 23.8. The van der Waals surface area contributed by atoms with E-state index in [1.54, 1.807) is 0 Å². The Morgan fingerprint density at radius 3 is 1.21 bits per heavy atom. The Hall–Kier alpha value is -6.24. The van der Waals surface area contributed by atoms with Gasteiger partial charge in [-0.05, 0) is 106 Å². The van der Waals surface area contributed by atoms with E-state index in [1.165, 1.54) is 88.0 Å². The number of benzene rings is 9. The molecule has 0 aromatic heterocycles. The fourth-order valence-corrected chi connectivity index (χ4v) is 7.40. The summed E-state index contributed by atoms with van der Waals surface area (Å²) < 4.78 is 0. The molecule has 0 aliphatic heterocycles. The van der Waals surface area contributed by atoms with Gasteiger partial charge in [-0.2, -0.15) is 0 Å². The maximum absolute atomic E-state index is 2.34. The molecule has 0 amide bonds. The smallest absolute Gasteiger partial charge is 0.00201 e. The average molecular weight is 609 g/mol. The standard InChI is InChI=1S/C48H32/c1-3-14-33(15-4-1)35-18-11-20-37(30-35)38-28-29-41-39(31-38)21-13-27-42(41)48-45-25-9-7-23-43(45)47(44-24-8-10-26-46(44)48)40-22-12-19-36(32-40)34-16-5-2-6-17-34/h1-32H. The normalized spacial score (nSPS) is 11.3. The third-order valence-corrected chi connectivity index (χ3v) is 9.64. The summed E-state index contributed by atoms with van der Waals surface area (Å²) >= 11 is 0. The summed E-state index contributed by atoms with van der Waals surface area (Å²) in [4.78, 5) is 0. The minimum Gasteiger partial charge on any atom is -0.0622 e. The fraction of sp³-hybridized carbons (Fsp3) is 0. The van der Waals surface area contributed by atoms with Crippen molar-refractivity contribution in [1.82, 2.24) is 0 Å². The quantitative estimate of drug-likeness (QED) is 0.171. The van der Waals surface area contributed by atoms with Crippen molar-refractivity contribution >= 4 is 32.3 Å². The second kappa shape index (κ2) is 11.8. The third-order valence-electron chi connectivity index (χ3n) is 9.64. The van der Waals surface area contributed by atoms with E-state index in [1.807, 2.05) is 0 Å². The molecule has 0 heterocycles. The Morgan fingerprint density at radius 1 is 0.208 bits per heavy atom. The van der Waals surface area contributed by atoms with Crippen molar-refractivity contribution in [3.8, 4) is 55.6 Å². The summed E-state index contributed by atoms with van der Waals surface area (Å²) in [5, 5.41) is 7.56. The van der Waals surface area contributed by atoms with Crippen LogP contribution in [0.4, 0.5) is 0 Å². The Balaban J connectivity index is 1.24. The Labute approximate surface area is 281 Å². The molecule has 0 atom stereocenters. The van der Waals surface area contributed by atoms with E-state index >= 15 is 0 Å². The lowest BCUT2D eigenvalue weighted by Crippen LogP contribution is -1.92. The van der Waals surface area contributed by atoms with E-state index in [0.717, 1.165) is 0 Å². The molecule has 0 radical (unpaired) electrons. The SMILES string of the molecule is c1ccc(-c2cccc(-c3ccc4c(-c5c6ccccc6c(-c6cccc(-c7ccccc7)c6)c6ccccc56)cccc4c3)c2)cc1. The topological polar surface area (TPSA) is 0 Å². The highest BCUT2D eigenvalue weighted by atomic mass is 14.2. The number of hydrogen-bond acceptors (Lipinski definition) is 0. The van der Waals surface area contributed by atoms with Crippen molar-refractivity contribution < 1.29 is 0 Å². The van der Waals surface area contributed by atoms with E-state index in [0.29, 0.717) is 0 Å². The van der Waals surface area contributed by atoms with Crippen LogP contribution in [0.15, 0.2) is 194 Å². The molecule has 224 valence electrons. The van der Waals surface area contributed by atoms with Gasteiger partial charge in [0.15, 0.2) is 0 Å². The van der Waals surface area contributed by atoms with Gasteiger partial charge in [-0.25, -0.2) is 0 Å². The van der Waals surface area contributed by atoms with Gasteiger partial charge in [-0.15, -0.1) is 0 Å². The van der Waals surface area contributed by atoms with Crippen molar-refractivity contribution in [2.24, 2.45) is 0 Å². The van der Waals surface area contributed by atoms with Crippen molar-refractivity contribution in [3.05, 3.63) is 194 Å². The molecule has 0 saturated carbocycles. The van der Waals surface area contributed by atoms with Gasteiger partial charge in [0.1, 0.15) is 0 Å². The molecule has 0 fully saturated rings. The zero-order valence-electron chi connectivity index (χ0n) is 26.5. The van der Waals surface area contributed by atoms with Gasteiger partial charge >= 0.3 is 0 Å². The summed E-state index contributed by atoms with van der Waals surface area (Å²) in [6, 6.07) is 70.7. The largest absolute Gasteiger partial charge is 0.0622 e. The van der Waals surface area contributed by atoms with E-state index in [-0.39, 0.29) is 0 Å². The molecular formula is C48H32. The second-order valence-electron chi connectivity index (χ2n) is 12.5. The van der Waals surface area contributed by atoms with Crippen LogP contribution in [-0.2, 0) is 0 Å². The molecule has 0 N–H and O–H groups in total. The fourth-order valence-electron chi connectivity index (χ4n) is 7.40. The van der Waals surface area contributed by atoms with Gasteiger partial charge in [0.05, 0.1) is 0 Å². The zero-order chi connectivity index (χ0) is 31.9. The summed E-state index contributed by atoms with van der Waals surface area (Å²) in [5.74, 6) is 0. The third kappa shape index (κ3) is 4.87. The Morgan fingerprint density at radius 2 is 0.625 bits per heavy atom. The molecule has 0 nitrogen and oxygen atoms in total. The second-order valence-corrected chi connectivity index (χ2v) is 12.5. The molecule has 0 unspecified atom stereocenters. The Bertz CT molecular complexity index is 2540. The van der Waals surface area contributed by atoms with Crippen LogP contribution in [0, 0.1) is 0 Å². The zero-order valence-corrected chi connectivity index (χ0v) is 26.5. The average Bonchev–Trinajstić information content (AvgIpc) is 3.17. The first kappa shape index (κ1) is 28.0. The van der Waals surface area contributed by atoms with E-state index in [2.05, 4.69) is 194 Å². The lowest BCUT2D eigenvalue weighted by molar-refractivity contribution is 1.60. The maximum atomic E-state index is 2.34. The molecule has 0 aliphatic carbocycles. The highest BCUT2D eigenvalue weighted by molar-refractivity contribution is 6.23. The molecule has 9 aromatic rings. The van der Waals surface area contributed by atoms with Gasteiger partial charge in [0.2, 0.25) is 0 Å². The number of hydrogen-bond donors (Lipinski definition) is 0. The number of fused-ring (bicyclic) bond motifs is 3. The molecule has 0 spiro atoms. The van der Waals surface area contributed by atoms with Crippen LogP contribution < -0.4 is 0 Å². The van der Waals surface area contributed by atoms with Crippen molar-refractivity contribution in [3.63, 3.8) is 0 Å². The van der Waals surface area contributed by atoms with Crippen LogP contribution in [0.2, 0.25) is 0 Å². The first-order valence-electron chi connectivity index (χ1n) is 16.6. The lowest BCUT2D eigenvalue weighted by Gasteiger charge is -2.19. The van der Waals surface area contributed by atoms with E-state index in [4.69, 9.17) is 0 Å². The monoisotopic (exact) mass is 608 g/mol. The van der Waals surface area contributed by atoms with Crippen molar-refractivity contribution in [2.45, 2.75) is 0 Å². The Kier molecular flexibility index (Phi) is 6.91. The minimum absolute atomic E-state index is 1.22. The predicted molar refractivity (Wildman–Crippen MR) is 206 cm³/mol. The van der Waals surface area contributed by atoms with E-state index < -0.39 is 0 Å². The van der Waals surface area contributed by atoms with Gasteiger partial charge in [0, 0.05) is 0 Å². The molecule has 48 heavy (non-hydrogen) atoms. The van der Waals surface area contributed by atoms with Crippen molar-refractivity contribution in [2.75, 3.05) is 0 Å². The molecule has 0 aliphatic rings. The first-order valence-corrected chi connectivity index (χ1v) is 16.6. The predicted octanol–water partition coefficient (Wildman–Crippen LogP) is 13.5. The van der Waals surface area contributed by atoms with Crippen LogP contribution in [-0.4, -0.2) is 0 Å². The van der Waals surface area contributed by atoms with Crippen LogP contribution in [0.5, 0.6) is 0 Å². The van der Waals surface area contributed by atoms with Gasteiger partial charge in [0.25, 0.3) is 0 Å². The van der Waals surface area contributed by atoms with Gasteiger partial charge in [-0.3, -0.25) is 0 Å². The van der Waals surface area contributed by atoms with Crippen LogP contribution >= 0.6 is 0 Å². The van der Waals surface area contributed by atoms with Gasteiger partial charge < -0.3 is 0 Å². The van der Waals surface area contributed by atoms with Crippen molar-refractivity contribution in [1.29, 1.82) is 0 Å². The molecule has 0 bridgehead atoms. The molecule has 0 saturated heterocycles. The lowest BCUT2D eigenvalue weighted by atomic mass is 9.84. The van der Waals surface area contributed by atoms with Crippen LogP contribution in [0.1, 0.15) is 0 Å². The summed E-state index contributed by atoms with van der Waals surface area (Å²) in [6.07, 6.45) is 0. The molecule has 9 aromatic carbocycles. The molecule has 0 heteroatoms. The molecule has 9 rings (SSSR count). The number of rotatable bonds is 5. The highest BCUT2D eigenvalue weighted by Crippen LogP contribution is 2.46. The summed E-state index contributed by atoms with van der Waals surface area (Å²) in [7, 11) is 0. The summed E-state index contributed by atoms with van der Waals surface area (Å²) in [5.41, 5.74) is 12.4. The highest BCUT2D eigenvalue weighted by Gasteiger charge is 2.18. The van der Waals surface area contributed by atoms with Crippen LogP contribution in [0.3, 0.4) is 0 Å². The molecular weight excluding hydrogens is 577 g/mol.